The summed E-state index contributed by atoms with van der Waals surface area (Å²) in [6, 6.07) is 8.16. The van der Waals surface area contributed by atoms with Crippen molar-refractivity contribution in [2.75, 3.05) is 0 Å². The van der Waals surface area contributed by atoms with Crippen molar-refractivity contribution in [1.29, 1.82) is 0 Å². The van der Waals surface area contributed by atoms with Gasteiger partial charge >= 0.3 is 0 Å². The van der Waals surface area contributed by atoms with Crippen LogP contribution in [0.3, 0.4) is 0 Å². The predicted molar refractivity (Wildman–Crippen MR) is 174 cm³/mol. The molecule has 0 aromatic heterocycles. The van der Waals surface area contributed by atoms with Gasteiger partial charge in [-0.3, -0.25) is 0 Å². The summed E-state index contributed by atoms with van der Waals surface area (Å²) >= 11 is 0. The third-order valence-corrected chi connectivity index (χ3v) is 13.9. The number of rotatable bonds is 0. The number of benzene rings is 1. The molecular formula is C40H50O8. The van der Waals surface area contributed by atoms with E-state index in [4.69, 9.17) is 38.5 Å². The molecule has 10 aliphatic rings. The van der Waals surface area contributed by atoms with Crippen LogP contribution in [0.5, 0.6) is 0 Å². The van der Waals surface area contributed by atoms with Crippen molar-refractivity contribution in [3.63, 3.8) is 0 Å². The summed E-state index contributed by atoms with van der Waals surface area (Å²) in [5.74, 6) is 14.8. The zero-order chi connectivity index (χ0) is 33.1. The van der Waals surface area contributed by atoms with Gasteiger partial charge in [0.15, 0.2) is 23.8 Å². The van der Waals surface area contributed by atoms with E-state index in [1.807, 2.05) is 38.1 Å². The Kier molecular flexibility index (Phi) is 7.50. The van der Waals surface area contributed by atoms with Gasteiger partial charge in [-0.15, -0.1) is 0 Å². The van der Waals surface area contributed by atoms with E-state index in [1.165, 1.54) is 12.8 Å². The maximum Gasteiger partial charge on any atom is 0.201 e. The second-order valence-electron chi connectivity index (χ2n) is 16.8. The molecule has 8 heteroatoms. The highest BCUT2D eigenvalue weighted by Crippen LogP contribution is 2.62. The zero-order valence-electron chi connectivity index (χ0n) is 29.2. The van der Waals surface area contributed by atoms with Crippen LogP contribution < -0.4 is 0 Å². The van der Waals surface area contributed by atoms with Crippen LogP contribution in [0.2, 0.25) is 0 Å². The van der Waals surface area contributed by atoms with Crippen molar-refractivity contribution in [2.24, 2.45) is 47.3 Å². The lowest BCUT2D eigenvalue weighted by Crippen LogP contribution is -2.70. The summed E-state index contributed by atoms with van der Waals surface area (Å²) < 4.78 is 26.3. The van der Waals surface area contributed by atoms with E-state index >= 15 is 0 Å². The standard InChI is InChI=1S/C40H50O8/c1-23-7-15-31-25(3)33(41-35-39(31)29(23)19-21-37(5,43-35)45-47-39)17-13-27-9-11-28(12-10-27)14-18-34-26(4)32-16-8-24(2)30-20-22-38(6)44-36(42-34)40(30,32)48-46-38/h9-12,23-26,29-36H,7-8,15-16,19-22H2,1-6H3/t23-,24-,25-,26-,29?,30?,31?,32?,33-,34-,35-,36-,37?,38?,39-,40-/m1/s1. The first kappa shape index (κ1) is 32.0. The molecule has 1 aromatic rings. The van der Waals surface area contributed by atoms with Crippen LogP contribution in [0.4, 0.5) is 0 Å². The molecule has 2 saturated carbocycles. The van der Waals surface area contributed by atoms with Crippen LogP contribution in [0.15, 0.2) is 24.3 Å². The van der Waals surface area contributed by atoms with Crippen molar-refractivity contribution >= 4 is 0 Å². The minimum absolute atomic E-state index is 0.190. The molecule has 0 amide bonds. The van der Waals surface area contributed by atoms with Gasteiger partial charge in [0.25, 0.3) is 0 Å². The van der Waals surface area contributed by atoms with E-state index in [2.05, 4.69) is 51.4 Å². The highest BCUT2D eigenvalue weighted by molar-refractivity contribution is 5.43. The van der Waals surface area contributed by atoms with E-state index in [1.54, 1.807) is 0 Å². The first-order valence-electron chi connectivity index (χ1n) is 18.6. The molecule has 11 rings (SSSR count). The van der Waals surface area contributed by atoms with Gasteiger partial charge in [0.1, 0.15) is 12.2 Å². The molecule has 0 N–H and O–H groups in total. The summed E-state index contributed by atoms with van der Waals surface area (Å²) in [6.45, 7) is 13.1. The second kappa shape index (κ2) is 11.3. The van der Waals surface area contributed by atoms with Crippen molar-refractivity contribution in [1.82, 2.24) is 0 Å². The molecule has 4 bridgehead atoms. The molecule has 48 heavy (non-hydrogen) atoms. The predicted octanol–water partition coefficient (Wildman–Crippen LogP) is 6.89. The van der Waals surface area contributed by atoms with Crippen LogP contribution in [-0.2, 0) is 38.5 Å². The molecule has 8 heterocycles. The normalized spacial score (nSPS) is 53.1. The quantitative estimate of drug-likeness (QED) is 0.221. The lowest BCUT2D eigenvalue weighted by molar-refractivity contribution is -0.569. The van der Waals surface area contributed by atoms with Gasteiger partial charge in [0, 0.05) is 35.8 Å². The van der Waals surface area contributed by atoms with Gasteiger partial charge in [-0.05, 0) is 112 Å². The van der Waals surface area contributed by atoms with Crippen LogP contribution in [0.1, 0.15) is 104 Å². The lowest BCUT2D eigenvalue weighted by atomic mass is 9.57. The molecule has 16 atom stereocenters. The first-order chi connectivity index (χ1) is 23.0. The van der Waals surface area contributed by atoms with Crippen LogP contribution >= 0.6 is 0 Å². The fourth-order valence-electron chi connectivity index (χ4n) is 11.1. The Morgan fingerprint density at radius 3 is 1.38 bits per heavy atom. The number of hydrogen-bond donors (Lipinski definition) is 0. The molecule has 6 unspecified atom stereocenters. The Morgan fingerprint density at radius 1 is 0.542 bits per heavy atom. The molecule has 10 fully saturated rings. The third-order valence-electron chi connectivity index (χ3n) is 13.9. The molecule has 1 aromatic carbocycles. The second-order valence-corrected chi connectivity index (χ2v) is 16.8. The summed E-state index contributed by atoms with van der Waals surface area (Å²) in [5, 5.41) is 0. The van der Waals surface area contributed by atoms with Crippen molar-refractivity contribution in [2.45, 2.75) is 140 Å². The smallest absolute Gasteiger partial charge is 0.201 e. The van der Waals surface area contributed by atoms with E-state index in [0.717, 1.165) is 49.7 Å². The van der Waals surface area contributed by atoms with E-state index < -0.39 is 35.4 Å². The fourth-order valence-corrected chi connectivity index (χ4v) is 11.1. The molecule has 8 nitrogen and oxygen atoms in total. The fraction of sp³-hybridized carbons (Fsp3) is 0.750. The van der Waals surface area contributed by atoms with Crippen molar-refractivity contribution < 1.29 is 38.5 Å². The van der Waals surface area contributed by atoms with Crippen molar-refractivity contribution in [3.05, 3.63) is 35.4 Å². The Morgan fingerprint density at radius 2 is 0.958 bits per heavy atom. The molecule has 2 spiro atoms. The average Bonchev–Trinajstić information content (AvgIpc) is 3.45. The van der Waals surface area contributed by atoms with E-state index in [0.29, 0.717) is 23.7 Å². The largest absolute Gasteiger partial charge is 0.333 e. The topological polar surface area (TPSA) is 73.8 Å². The summed E-state index contributed by atoms with van der Waals surface area (Å²) in [5.41, 5.74) is 0.732. The maximum atomic E-state index is 6.66. The van der Waals surface area contributed by atoms with E-state index in [-0.39, 0.29) is 35.9 Å². The Bertz CT molecular complexity index is 1440. The van der Waals surface area contributed by atoms with Crippen molar-refractivity contribution in [3.8, 4) is 23.7 Å². The number of hydrogen-bond acceptors (Lipinski definition) is 8. The first-order valence-corrected chi connectivity index (χ1v) is 18.6. The number of ether oxygens (including phenoxy) is 4. The molecule has 8 saturated heterocycles. The Labute approximate surface area is 285 Å². The van der Waals surface area contributed by atoms with Gasteiger partial charge in [-0.2, -0.15) is 0 Å². The Hall–Kier alpha value is -1.98. The Balaban J connectivity index is 0.917. The minimum Gasteiger partial charge on any atom is -0.333 e. The van der Waals surface area contributed by atoms with Crippen LogP contribution in [0.25, 0.3) is 0 Å². The van der Waals surface area contributed by atoms with Crippen LogP contribution in [0, 0.1) is 71.0 Å². The molecule has 8 aliphatic heterocycles. The monoisotopic (exact) mass is 658 g/mol. The molecule has 258 valence electrons. The van der Waals surface area contributed by atoms with Gasteiger partial charge in [-0.25, -0.2) is 19.6 Å². The van der Waals surface area contributed by atoms with E-state index in [9.17, 15) is 0 Å². The van der Waals surface area contributed by atoms with Crippen LogP contribution in [-0.4, -0.2) is 47.6 Å². The highest BCUT2D eigenvalue weighted by Gasteiger charge is 2.70. The summed E-state index contributed by atoms with van der Waals surface area (Å²) in [4.78, 5) is 24.5. The molecular weight excluding hydrogens is 608 g/mol. The van der Waals surface area contributed by atoms with Gasteiger partial charge in [-0.1, -0.05) is 51.4 Å². The average molecular weight is 659 g/mol. The van der Waals surface area contributed by atoms with Gasteiger partial charge in [0.2, 0.25) is 11.6 Å². The molecule has 0 radical (unpaired) electrons. The highest BCUT2D eigenvalue weighted by atomic mass is 17.3. The summed E-state index contributed by atoms with van der Waals surface area (Å²) in [6.07, 6.45) is 6.68. The molecule has 2 aliphatic carbocycles. The lowest BCUT2D eigenvalue weighted by Gasteiger charge is -2.59. The summed E-state index contributed by atoms with van der Waals surface area (Å²) in [7, 11) is 0. The number of fused-ring (bicyclic) bond motifs is 4. The van der Waals surface area contributed by atoms with Gasteiger partial charge in [0.05, 0.1) is 0 Å². The maximum absolute atomic E-state index is 6.66. The minimum atomic E-state index is -0.783. The third kappa shape index (κ3) is 4.67. The van der Waals surface area contributed by atoms with Gasteiger partial charge < -0.3 is 18.9 Å². The SMILES string of the molecule is C[C@@H]1CCC2[C@@H](C)[C@@H](C#Cc3ccc(C#C[C@H]4O[C@@H]5OC6(C)CCC7[C@H](C)CCC([C@H]4C)[C@]75OO6)cc3)O[C@@H]3OC4(C)CCC1[C@@]23OO4. The zero-order valence-corrected chi connectivity index (χ0v) is 29.2.